The summed E-state index contributed by atoms with van der Waals surface area (Å²) < 4.78 is 14.1. The molecule has 0 radical (unpaired) electrons. The van der Waals surface area contributed by atoms with Gasteiger partial charge in [0.25, 0.3) is 5.91 Å². The Morgan fingerprint density at radius 2 is 1.90 bits per heavy atom. The maximum Gasteiger partial charge on any atom is 0.251 e. The smallest absolute Gasteiger partial charge is 0.251 e. The van der Waals surface area contributed by atoms with Crippen LogP contribution in [0.3, 0.4) is 0 Å². The second-order valence-electron chi connectivity index (χ2n) is 7.47. The van der Waals surface area contributed by atoms with Crippen LogP contribution < -0.4 is 10.6 Å². The van der Waals surface area contributed by atoms with E-state index in [9.17, 15) is 9.18 Å². The van der Waals surface area contributed by atoms with E-state index in [0.29, 0.717) is 22.7 Å². The van der Waals surface area contributed by atoms with E-state index in [-0.39, 0.29) is 11.7 Å². The second-order valence-corrected chi connectivity index (χ2v) is 7.87. The average molecular weight is 446 g/mol. The van der Waals surface area contributed by atoms with Crippen LogP contribution in [0.5, 0.6) is 0 Å². The first-order chi connectivity index (χ1) is 15.0. The summed E-state index contributed by atoms with van der Waals surface area (Å²) in [4.78, 5) is 20.6. The fraction of sp³-hybridized carbons (Fsp3) is 0.391. The fourth-order valence-electron chi connectivity index (χ4n) is 3.69. The minimum Gasteiger partial charge on any atom is -0.356 e. The van der Waals surface area contributed by atoms with Crippen molar-refractivity contribution in [2.45, 2.75) is 13.0 Å². The molecule has 0 atom stereocenters. The quantitative estimate of drug-likeness (QED) is 0.530. The first-order valence-electron chi connectivity index (χ1n) is 10.4. The van der Waals surface area contributed by atoms with Crippen LogP contribution in [-0.2, 0) is 13.0 Å². The van der Waals surface area contributed by atoms with E-state index in [2.05, 4.69) is 25.4 Å². The van der Waals surface area contributed by atoms with E-state index in [1.165, 1.54) is 6.07 Å². The molecule has 2 N–H and O–H groups in total. The molecule has 1 heterocycles. The third-order valence-corrected chi connectivity index (χ3v) is 5.79. The van der Waals surface area contributed by atoms with Crippen LogP contribution in [0.4, 0.5) is 4.39 Å². The molecule has 0 saturated carbocycles. The molecule has 31 heavy (non-hydrogen) atoms. The first kappa shape index (κ1) is 23.0. The van der Waals surface area contributed by atoms with Crippen LogP contribution in [0.25, 0.3) is 0 Å². The first-order valence-corrected chi connectivity index (χ1v) is 10.8. The number of guanidine groups is 1. The van der Waals surface area contributed by atoms with Crippen LogP contribution in [0.15, 0.2) is 47.5 Å². The molecule has 0 bridgehead atoms. The van der Waals surface area contributed by atoms with Gasteiger partial charge in [-0.1, -0.05) is 29.8 Å². The van der Waals surface area contributed by atoms with Crippen LogP contribution in [-0.4, -0.2) is 68.5 Å². The molecule has 2 aromatic rings. The molecule has 6 nitrogen and oxygen atoms in total. The number of nitrogens with zero attached hydrogens (tertiary/aromatic N) is 3. The fourth-order valence-corrected chi connectivity index (χ4v) is 3.91. The molecule has 0 aliphatic carbocycles. The molecule has 8 heteroatoms. The van der Waals surface area contributed by atoms with E-state index < -0.39 is 0 Å². The Balaban J connectivity index is 1.48. The Labute approximate surface area is 188 Å². The summed E-state index contributed by atoms with van der Waals surface area (Å²) >= 11 is 6.16. The van der Waals surface area contributed by atoms with E-state index in [4.69, 9.17) is 11.6 Å². The normalized spacial score (nSPS) is 15.1. The lowest BCUT2D eigenvalue weighted by Gasteiger charge is -2.36. The molecular weight excluding hydrogens is 417 g/mol. The Kier molecular flexibility index (Phi) is 8.26. The zero-order chi connectivity index (χ0) is 22.2. The summed E-state index contributed by atoms with van der Waals surface area (Å²) in [5.41, 5.74) is 2.31. The highest BCUT2D eigenvalue weighted by molar-refractivity contribution is 6.31. The number of aliphatic imine (C=N–C) groups is 1. The number of carbonyl (C=O) groups is 1. The molecule has 1 fully saturated rings. The van der Waals surface area contributed by atoms with Crippen molar-refractivity contribution < 1.29 is 9.18 Å². The van der Waals surface area contributed by atoms with Crippen molar-refractivity contribution in [2.24, 2.45) is 4.99 Å². The predicted octanol–water partition coefficient (Wildman–Crippen LogP) is 2.77. The van der Waals surface area contributed by atoms with Gasteiger partial charge in [-0.2, -0.15) is 0 Å². The Morgan fingerprint density at radius 1 is 1.16 bits per heavy atom. The standard InChI is InChI=1S/C23H29ClFN5O/c1-26-22(31)18-6-3-5-17(15-18)9-10-28-23(27-2)30-13-11-29(12-14-30)16-19-20(24)7-4-8-21(19)25/h3-8,15H,9-14,16H2,1-2H3,(H,26,31)(H,27,28). The van der Waals surface area contributed by atoms with Crippen molar-refractivity contribution >= 4 is 23.5 Å². The van der Waals surface area contributed by atoms with Crippen molar-refractivity contribution in [2.75, 3.05) is 46.8 Å². The number of halogens is 2. The Bertz CT molecular complexity index is 908. The third kappa shape index (κ3) is 6.18. The molecule has 1 aliphatic heterocycles. The summed E-state index contributed by atoms with van der Waals surface area (Å²) in [7, 11) is 3.41. The number of benzene rings is 2. The van der Waals surface area contributed by atoms with Gasteiger partial charge in [-0.25, -0.2) is 4.39 Å². The monoisotopic (exact) mass is 445 g/mol. The number of piperazine rings is 1. The van der Waals surface area contributed by atoms with E-state index in [1.54, 1.807) is 26.2 Å². The van der Waals surface area contributed by atoms with Crippen molar-refractivity contribution in [1.82, 2.24) is 20.4 Å². The summed E-state index contributed by atoms with van der Waals surface area (Å²) in [6.45, 7) is 4.44. The number of carbonyl (C=O) groups excluding carboxylic acids is 1. The molecule has 166 valence electrons. The highest BCUT2D eigenvalue weighted by atomic mass is 35.5. The van der Waals surface area contributed by atoms with Crippen LogP contribution in [0, 0.1) is 5.82 Å². The lowest BCUT2D eigenvalue weighted by Crippen LogP contribution is -2.52. The summed E-state index contributed by atoms with van der Waals surface area (Å²) in [6.07, 6.45) is 0.787. The van der Waals surface area contributed by atoms with Crippen LogP contribution in [0.1, 0.15) is 21.5 Å². The highest BCUT2D eigenvalue weighted by Crippen LogP contribution is 2.21. The van der Waals surface area contributed by atoms with Crippen molar-refractivity contribution in [1.29, 1.82) is 0 Å². The molecule has 1 amide bonds. The minimum absolute atomic E-state index is 0.0832. The van der Waals surface area contributed by atoms with Gasteiger partial charge in [0.1, 0.15) is 5.82 Å². The lowest BCUT2D eigenvalue weighted by atomic mass is 10.1. The van der Waals surface area contributed by atoms with Gasteiger partial charge in [-0.15, -0.1) is 0 Å². The molecule has 2 aromatic carbocycles. The molecule has 0 aromatic heterocycles. The van der Waals surface area contributed by atoms with Crippen molar-refractivity contribution in [3.05, 3.63) is 70.0 Å². The molecule has 0 unspecified atom stereocenters. The predicted molar refractivity (Wildman–Crippen MR) is 123 cm³/mol. The molecular formula is C23H29ClFN5O. The maximum atomic E-state index is 14.1. The molecule has 0 spiro atoms. The number of hydrogen-bond acceptors (Lipinski definition) is 3. The maximum absolute atomic E-state index is 14.1. The average Bonchev–Trinajstić information content (AvgIpc) is 2.79. The zero-order valence-corrected chi connectivity index (χ0v) is 18.8. The van der Waals surface area contributed by atoms with E-state index >= 15 is 0 Å². The van der Waals surface area contributed by atoms with E-state index in [0.717, 1.165) is 50.7 Å². The summed E-state index contributed by atoms with van der Waals surface area (Å²) in [6, 6.07) is 12.4. The SMILES string of the molecule is CN=C(NCCc1cccc(C(=O)NC)c1)N1CCN(Cc2c(F)cccc2Cl)CC1. The number of nitrogens with one attached hydrogen (secondary N) is 2. The minimum atomic E-state index is -0.257. The van der Waals surface area contributed by atoms with Gasteiger partial charge in [0.05, 0.1) is 0 Å². The van der Waals surface area contributed by atoms with Gasteiger partial charge < -0.3 is 15.5 Å². The zero-order valence-electron chi connectivity index (χ0n) is 18.0. The van der Waals surface area contributed by atoms with Crippen molar-refractivity contribution in [3.8, 4) is 0 Å². The summed E-state index contributed by atoms with van der Waals surface area (Å²) in [5, 5.41) is 6.53. The van der Waals surface area contributed by atoms with Crippen LogP contribution >= 0.6 is 11.6 Å². The Morgan fingerprint density at radius 3 is 2.58 bits per heavy atom. The lowest BCUT2D eigenvalue weighted by molar-refractivity contribution is 0.0963. The highest BCUT2D eigenvalue weighted by Gasteiger charge is 2.21. The molecule has 1 saturated heterocycles. The van der Waals surface area contributed by atoms with Crippen LogP contribution in [0.2, 0.25) is 5.02 Å². The summed E-state index contributed by atoms with van der Waals surface area (Å²) in [5.74, 6) is 0.513. The molecule has 3 rings (SSSR count). The molecule has 1 aliphatic rings. The van der Waals surface area contributed by atoms with Gasteiger partial charge in [0, 0.05) is 69.5 Å². The van der Waals surface area contributed by atoms with Gasteiger partial charge in [-0.05, 0) is 36.2 Å². The third-order valence-electron chi connectivity index (χ3n) is 5.44. The van der Waals surface area contributed by atoms with Gasteiger partial charge in [0.2, 0.25) is 0 Å². The topological polar surface area (TPSA) is 60.0 Å². The number of amides is 1. The Hall–Kier alpha value is -2.64. The van der Waals surface area contributed by atoms with Gasteiger partial charge >= 0.3 is 0 Å². The van der Waals surface area contributed by atoms with Crippen molar-refractivity contribution in [3.63, 3.8) is 0 Å². The number of hydrogen-bond donors (Lipinski definition) is 2. The second kappa shape index (κ2) is 11.1. The van der Waals surface area contributed by atoms with Gasteiger partial charge in [0.15, 0.2) is 5.96 Å². The number of rotatable bonds is 6. The van der Waals surface area contributed by atoms with Gasteiger partial charge in [-0.3, -0.25) is 14.7 Å². The largest absolute Gasteiger partial charge is 0.356 e. The van der Waals surface area contributed by atoms with E-state index in [1.807, 2.05) is 24.3 Å².